The molecule has 0 atom stereocenters. The number of aromatic nitrogens is 1. The second-order valence-corrected chi connectivity index (χ2v) is 11.1. The van der Waals surface area contributed by atoms with Crippen molar-refractivity contribution in [2.75, 3.05) is 4.90 Å². The van der Waals surface area contributed by atoms with Crippen molar-refractivity contribution in [3.05, 3.63) is 156 Å². The van der Waals surface area contributed by atoms with Gasteiger partial charge in [0.15, 0.2) is 0 Å². The van der Waals surface area contributed by atoms with E-state index in [4.69, 9.17) is 0 Å². The molecule has 0 spiro atoms. The van der Waals surface area contributed by atoms with Gasteiger partial charge in [0.2, 0.25) is 0 Å². The number of para-hydroxylation sites is 2. The topological polar surface area (TPSA) is 89.9 Å². The molecule has 1 aliphatic rings. The number of imide groups is 1. The number of hydrogen-bond donors (Lipinski definition) is 0. The lowest BCUT2D eigenvalue weighted by Crippen LogP contribution is -2.30. The van der Waals surface area contributed by atoms with Gasteiger partial charge in [-0.2, -0.15) is 10.5 Å². The monoisotopic (exact) mass is 590 g/mol. The van der Waals surface area contributed by atoms with Gasteiger partial charge in [-0.3, -0.25) is 9.59 Å². The van der Waals surface area contributed by atoms with Gasteiger partial charge in [-0.25, -0.2) is 4.90 Å². The molecule has 6 nitrogen and oxygen atoms in total. The van der Waals surface area contributed by atoms with Crippen molar-refractivity contribution in [3.8, 4) is 40.1 Å². The Morgan fingerprint density at radius 2 is 1.11 bits per heavy atom. The standard InChI is InChI=1S/C40H22N4O2/c41-23-25-20-26(24-42)22-28(21-25)30-14-8-18-35-37(30)31-13-5-7-17-34(31)43(35)36-19-9-15-32-38(36)40(46)44(39(32)45)33-16-6-4-12-29(33)27-10-2-1-3-11-27/h1-22H. The number of fused-ring (bicyclic) bond motifs is 4. The van der Waals surface area contributed by atoms with Crippen molar-refractivity contribution >= 4 is 39.3 Å². The predicted molar refractivity (Wildman–Crippen MR) is 179 cm³/mol. The summed E-state index contributed by atoms with van der Waals surface area (Å²) in [5.41, 5.74) is 7.59. The molecule has 0 aliphatic carbocycles. The van der Waals surface area contributed by atoms with Gasteiger partial charge in [-0.1, -0.05) is 84.9 Å². The van der Waals surface area contributed by atoms with Gasteiger partial charge in [-0.15, -0.1) is 0 Å². The number of nitrogens with zero attached hydrogens (tertiary/aromatic N) is 4. The van der Waals surface area contributed by atoms with Crippen LogP contribution in [-0.2, 0) is 0 Å². The quantitative estimate of drug-likeness (QED) is 0.192. The Morgan fingerprint density at radius 3 is 1.89 bits per heavy atom. The first kappa shape index (κ1) is 26.8. The maximum Gasteiger partial charge on any atom is 0.268 e. The zero-order chi connectivity index (χ0) is 31.4. The molecular formula is C40H22N4O2. The third-order valence-corrected chi connectivity index (χ3v) is 8.56. The van der Waals surface area contributed by atoms with E-state index in [0.717, 1.165) is 44.1 Å². The smallest absolute Gasteiger partial charge is 0.268 e. The van der Waals surface area contributed by atoms with E-state index in [-0.39, 0.29) is 11.8 Å². The summed E-state index contributed by atoms with van der Waals surface area (Å²) in [4.78, 5) is 29.8. The van der Waals surface area contributed by atoms with Crippen LogP contribution >= 0.6 is 0 Å². The molecule has 214 valence electrons. The van der Waals surface area contributed by atoms with Crippen LogP contribution in [0.5, 0.6) is 0 Å². The fourth-order valence-corrected chi connectivity index (χ4v) is 6.63. The molecule has 0 bridgehead atoms. The highest BCUT2D eigenvalue weighted by molar-refractivity contribution is 6.36. The number of benzene rings is 6. The summed E-state index contributed by atoms with van der Waals surface area (Å²) in [5, 5.41) is 21.2. The fraction of sp³-hybridized carbons (Fsp3) is 0. The Labute approximate surface area is 264 Å². The largest absolute Gasteiger partial charge is 0.308 e. The van der Waals surface area contributed by atoms with Gasteiger partial charge in [0.25, 0.3) is 11.8 Å². The molecule has 0 fully saturated rings. The first-order valence-corrected chi connectivity index (χ1v) is 14.7. The van der Waals surface area contributed by atoms with Gasteiger partial charge < -0.3 is 4.57 Å². The summed E-state index contributed by atoms with van der Waals surface area (Å²) in [5.74, 6) is -0.759. The summed E-state index contributed by atoms with van der Waals surface area (Å²) in [6, 6.07) is 45.9. The number of rotatable bonds is 4. The van der Waals surface area contributed by atoms with E-state index in [2.05, 4.69) is 12.1 Å². The first-order valence-electron chi connectivity index (χ1n) is 14.7. The third kappa shape index (κ3) is 3.95. The Hall–Kier alpha value is -6.76. The summed E-state index contributed by atoms with van der Waals surface area (Å²) < 4.78 is 2.03. The van der Waals surface area contributed by atoms with E-state index >= 15 is 0 Å². The Kier molecular flexibility index (Phi) is 6.10. The molecule has 6 heteroatoms. The molecule has 0 unspecified atom stereocenters. The van der Waals surface area contributed by atoms with Crippen LogP contribution in [0.3, 0.4) is 0 Å². The van der Waals surface area contributed by atoms with E-state index in [9.17, 15) is 20.1 Å². The van der Waals surface area contributed by atoms with E-state index in [1.165, 1.54) is 4.90 Å². The average molecular weight is 591 g/mol. The van der Waals surface area contributed by atoms with Gasteiger partial charge >= 0.3 is 0 Å². The normalized spacial score (nSPS) is 12.3. The van der Waals surface area contributed by atoms with Crippen molar-refractivity contribution in [1.29, 1.82) is 10.5 Å². The summed E-state index contributed by atoms with van der Waals surface area (Å²) in [6.45, 7) is 0. The van der Waals surface area contributed by atoms with E-state index < -0.39 is 0 Å². The van der Waals surface area contributed by atoms with Gasteiger partial charge in [0.1, 0.15) is 0 Å². The lowest BCUT2D eigenvalue weighted by Gasteiger charge is -2.18. The maximum absolute atomic E-state index is 14.4. The van der Waals surface area contributed by atoms with Crippen LogP contribution in [-0.4, -0.2) is 16.4 Å². The molecular weight excluding hydrogens is 568 g/mol. The highest BCUT2D eigenvalue weighted by atomic mass is 16.2. The molecule has 2 heterocycles. The molecule has 1 aliphatic heterocycles. The molecule has 2 amide bonds. The molecule has 0 N–H and O–H groups in total. The molecule has 0 saturated heterocycles. The number of anilines is 1. The van der Waals surface area contributed by atoms with Crippen molar-refractivity contribution in [1.82, 2.24) is 4.57 Å². The van der Waals surface area contributed by atoms with Crippen LogP contribution in [0.2, 0.25) is 0 Å². The van der Waals surface area contributed by atoms with E-state index in [0.29, 0.717) is 33.6 Å². The van der Waals surface area contributed by atoms with Crippen molar-refractivity contribution in [3.63, 3.8) is 0 Å². The summed E-state index contributed by atoms with van der Waals surface area (Å²) in [7, 11) is 0. The SMILES string of the molecule is N#Cc1cc(C#N)cc(-c2cccc3c2c2ccccc2n3-c2cccc3c2C(=O)N(c2ccccc2-c2ccccc2)C3=O)c1. The average Bonchev–Trinajstić information content (AvgIpc) is 3.59. The number of hydrogen-bond acceptors (Lipinski definition) is 4. The minimum absolute atomic E-state index is 0.335. The second-order valence-electron chi connectivity index (χ2n) is 11.1. The second kappa shape index (κ2) is 10.4. The summed E-state index contributed by atoms with van der Waals surface area (Å²) in [6.07, 6.45) is 0. The van der Waals surface area contributed by atoms with Gasteiger partial charge in [0.05, 0.1) is 56.8 Å². The maximum atomic E-state index is 14.4. The zero-order valence-corrected chi connectivity index (χ0v) is 24.3. The Bertz CT molecular complexity index is 2460. The van der Waals surface area contributed by atoms with E-state index in [1.807, 2.05) is 108 Å². The highest BCUT2D eigenvalue weighted by Gasteiger charge is 2.40. The lowest BCUT2D eigenvalue weighted by atomic mass is 9.96. The third-order valence-electron chi connectivity index (χ3n) is 8.56. The van der Waals surface area contributed by atoms with Crippen LogP contribution in [0.4, 0.5) is 5.69 Å². The summed E-state index contributed by atoms with van der Waals surface area (Å²) >= 11 is 0. The van der Waals surface area contributed by atoms with Crippen molar-refractivity contribution in [2.45, 2.75) is 0 Å². The first-order chi connectivity index (χ1) is 22.6. The minimum Gasteiger partial charge on any atom is -0.308 e. The minimum atomic E-state index is -0.388. The molecule has 0 saturated carbocycles. The molecule has 8 rings (SSSR count). The van der Waals surface area contributed by atoms with Crippen molar-refractivity contribution in [2.24, 2.45) is 0 Å². The van der Waals surface area contributed by atoms with Crippen LogP contribution in [0.15, 0.2) is 133 Å². The number of nitriles is 2. The number of carbonyl (C=O) groups excluding carboxylic acids is 2. The fourth-order valence-electron chi connectivity index (χ4n) is 6.63. The molecule has 46 heavy (non-hydrogen) atoms. The predicted octanol–water partition coefficient (Wildman–Crippen LogP) is 8.66. The van der Waals surface area contributed by atoms with Crippen LogP contribution in [0.25, 0.3) is 49.7 Å². The Morgan fingerprint density at radius 1 is 0.500 bits per heavy atom. The Balaban J connectivity index is 1.36. The highest BCUT2D eigenvalue weighted by Crippen LogP contribution is 2.42. The van der Waals surface area contributed by atoms with Crippen LogP contribution < -0.4 is 4.90 Å². The van der Waals surface area contributed by atoms with Crippen LogP contribution in [0, 0.1) is 22.7 Å². The number of amides is 2. The van der Waals surface area contributed by atoms with Crippen molar-refractivity contribution < 1.29 is 9.59 Å². The molecule has 0 radical (unpaired) electrons. The zero-order valence-electron chi connectivity index (χ0n) is 24.3. The molecule has 7 aromatic rings. The lowest BCUT2D eigenvalue weighted by molar-refractivity contribution is 0.0926. The number of carbonyl (C=O) groups is 2. The van der Waals surface area contributed by atoms with Gasteiger partial charge in [0, 0.05) is 16.3 Å². The molecule has 1 aromatic heterocycles. The van der Waals surface area contributed by atoms with E-state index in [1.54, 1.807) is 30.3 Å². The van der Waals surface area contributed by atoms with Crippen LogP contribution in [0.1, 0.15) is 31.8 Å². The van der Waals surface area contributed by atoms with Gasteiger partial charge in [-0.05, 0) is 65.2 Å². The molecule has 6 aromatic carbocycles.